The highest BCUT2D eigenvalue weighted by Crippen LogP contribution is 2.69. The number of benzene rings is 6. The summed E-state index contributed by atoms with van der Waals surface area (Å²) in [6.07, 6.45) is 6.99. The molecule has 0 saturated heterocycles. The first-order valence-electron chi connectivity index (χ1n) is 22.2. The van der Waals surface area contributed by atoms with Crippen LogP contribution in [0.3, 0.4) is 0 Å². The lowest BCUT2D eigenvalue weighted by Gasteiger charge is -2.64. The molecule has 3 aliphatic heterocycles. The summed E-state index contributed by atoms with van der Waals surface area (Å²) in [6, 6.07) is 48.3. The van der Waals surface area contributed by atoms with Crippen molar-refractivity contribution in [1.82, 2.24) is 0 Å². The van der Waals surface area contributed by atoms with Crippen LogP contribution in [0.2, 0.25) is 0 Å². The van der Waals surface area contributed by atoms with Crippen molar-refractivity contribution < 1.29 is 0 Å². The van der Waals surface area contributed by atoms with E-state index in [4.69, 9.17) is 0 Å². The molecular formula is C55H55BN2. The highest BCUT2D eigenvalue weighted by atomic mass is 15.2. The standard InChI is InChI=1S/C55H55BN2/c1-33-13-10-14-36(23-33)37-29-49-51-50(30-37)58-47-20-9-8-17-43(47)55(40-25-34-24-35(27-40)28-41(55)26-34)44-18-12-19-45(52(44)58)56(51)46-32-39(54(5,6)7)21-22-48(46)57(49)42-16-11-15-38(31-42)53(2,3)4/h8-23,29-32,34-35,40-41H,24-28H2,1-7H3. The molecule has 0 unspecified atom stereocenters. The van der Waals surface area contributed by atoms with Crippen molar-refractivity contribution in [3.8, 4) is 11.1 Å². The molecule has 58 heavy (non-hydrogen) atoms. The first-order valence-corrected chi connectivity index (χ1v) is 22.2. The third-order valence-corrected chi connectivity index (χ3v) is 15.7. The van der Waals surface area contributed by atoms with Gasteiger partial charge in [0.05, 0.1) is 5.69 Å². The zero-order chi connectivity index (χ0) is 39.5. The van der Waals surface area contributed by atoms with E-state index in [1.807, 2.05) is 0 Å². The zero-order valence-corrected chi connectivity index (χ0v) is 35.4. The van der Waals surface area contributed by atoms with Gasteiger partial charge >= 0.3 is 0 Å². The maximum absolute atomic E-state index is 2.76. The maximum atomic E-state index is 2.76. The number of anilines is 6. The second kappa shape index (κ2) is 11.8. The molecule has 6 aromatic rings. The Balaban J connectivity index is 1.21. The van der Waals surface area contributed by atoms with Gasteiger partial charge in [-0.3, -0.25) is 0 Å². The Bertz CT molecular complexity index is 2680. The molecular weight excluding hydrogens is 699 g/mol. The third kappa shape index (κ3) is 4.68. The number of nitrogens with zero attached hydrogens (tertiary/aromatic N) is 2. The largest absolute Gasteiger partial charge is 0.311 e. The van der Waals surface area contributed by atoms with Crippen molar-refractivity contribution in [3.63, 3.8) is 0 Å². The Morgan fingerprint density at radius 2 is 1.17 bits per heavy atom. The average molecular weight is 755 g/mol. The number of fused-ring (bicyclic) bond motifs is 6. The third-order valence-electron chi connectivity index (χ3n) is 15.7. The highest BCUT2D eigenvalue weighted by molar-refractivity contribution is 7.00. The van der Waals surface area contributed by atoms with Gasteiger partial charge in [0.2, 0.25) is 0 Å². The fraction of sp³-hybridized carbons (Fsp3) is 0.345. The van der Waals surface area contributed by atoms with Crippen LogP contribution in [0.5, 0.6) is 0 Å². The topological polar surface area (TPSA) is 6.48 Å². The van der Waals surface area contributed by atoms with E-state index in [0.29, 0.717) is 11.8 Å². The smallest absolute Gasteiger partial charge is 0.252 e. The number of rotatable bonds is 2. The molecule has 3 heteroatoms. The first-order chi connectivity index (χ1) is 27.9. The molecule has 0 N–H and O–H groups in total. The molecule has 288 valence electrons. The molecule has 4 bridgehead atoms. The molecule has 4 fully saturated rings. The molecule has 0 aromatic heterocycles. The average Bonchev–Trinajstić information content (AvgIpc) is 3.20. The number of aryl methyl sites for hydroxylation is 1. The van der Waals surface area contributed by atoms with Gasteiger partial charge in [0.15, 0.2) is 0 Å². The fourth-order valence-electron chi connectivity index (χ4n) is 13.5. The lowest BCUT2D eigenvalue weighted by Crippen LogP contribution is -2.64. The van der Waals surface area contributed by atoms with Crippen LogP contribution in [0.4, 0.5) is 34.1 Å². The van der Waals surface area contributed by atoms with Gasteiger partial charge in [-0.05, 0) is 160 Å². The minimum atomic E-state index is 0.0182. The fourth-order valence-corrected chi connectivity index (χ4v) is 13.5. The van der Waals surface area contributed by atoms with Gasteiger partial charge in [0.25, 0.3) is 6.71 Å². The summed E-state index contributed by atoms with van der Waals surface area (Å²) in [5.74, 6) is 3.21. The SMILES string of the molecule is Cc1cccc(-c2cc3c4c(c2)N2c5ccccc5C5(c6cccc(c62)B4c2cc(C(C)(C)C)ccc2N3c2cccc(C(C)(C)C)c2)C2CC3CC(C2)CC5C3)c1. The van der Waals surface area contributed by atoms with Crippen LogP contribution < -0.4 is 26.2 Å². The van der Waals surface area contributed by atoms with Crippen LogP contribution in [0.1, 0.15) is 101 Å². The van der Waals surface area contributed by atoms with Crippen molar-refractivity contribution in [1.29, 1.82) is 0 Å². The number of hydrogen-bond donors (Lipinski definition) is 0. The minimum Gasteiger partial charge on any atom is -0.311 e. The summed E-state index contributed by atoms with van der Waals surface area (Å²) in [5, 5.41) is 0. The van der Waals surface area contributed by atoms with Crippen molar-refractivity contribution in [2.24, 2.45) is 23.7 Å². The molecule has 7 aliphatic rings. The van der Waals surface area contributed by atoms with Crippen molar-refractivity contribution in [3.05, 3.63) is 149 Å². The van der Waals surface area contributed by atoms with E-state index in [9.17, 15) is 0 Å². The summed E-state index contributed by atoms with van der Waals surface area (Å²) in [6.45, 7) is 16.5. The number of para-hydroxylation sites is 2. The Morgan fingerprint density at radius 1 is 0.517 bits per heavy atom. The maximum Gasteiger partial charge on any atom is 0.252 e. The summed E-state index contributed by atoms with van der Waals surface area (Å²) in [7, 11) is 0. The molecule has 0 radical (unpaired) electrons. The van der Waals surface area contributed by atoms with Crippen LogP contribution in [-0.2, 0) is 16.2 Å². The molecule has 2 nitrogen and oxygen atoms in total. The lowest BCUT2D eigenvalue weighted by atomic mass is 9.32. The normalized spacial score (nSPS) is 24.4. The Labute approximate surface area is 346 Å². The Kier molecular flexibility index (Phi) is 7.12. The van der Waals surface area contributed by atoms with Gasteiger partial charge in [0, 0.05) is 33.9 Å². The molecule has 1 spiro atoms. The van der Waals surface area contributed by atoms with Gasteiger partial charge < -0.3 is 9.80 Å². The molecule has 3 heterocycles. The van der Waals surface area contributed by atoms with Crippen LogP contribution in [0.15, 0.2) is 121 Å². The van der Waals surface area contributed by atoms with Gasteiger partial charge in [-0.2, -0.15) is 0 Å². The predicted molar refractivity (Wildman–Crippen MR) is 246 cm³/mol. The van der Waals surface area contributed by atoms with E-state index in [2.05, 4.69) is 180 Å². The van der Waals surface area contributed by atoms with Crippen LogP contribution in [-0.4, -0.2) is 6.71 Å². The molecule has 4 saturated carbocycles. The van der Waals surface area contributed by atoms with Gasteiger partial charge in [-0.1, -0.05) is 132 Å². The molecule has 13 rings (SSSR count). The molecule has 4 aliphatic carbocycles. The Morgan fingerprint density at radius 3 is 1.90 bits per heavy atom. The van der Waals surface area contributed by atoms with E-state index in [0.717, 1.165) is 11.8 Å². The lowest BCUT2D eigenvalue weighted by molar-refractivity contribution is -0.0419. The summed E-state index contributed by atoms with van der Waals surface area (Å²) in [4.78, 5) is 5.38. The summed E-state index contributed by atoms with van der Waals surface area (Å²) < 4.78 is 0. The van der Waals surface area contributed by atoms with Crippen molar-refractivity contribution in [2.75, 3.05) is 9.80 Å². The van der Waals surface area contributed by atoms with Gasteiger partial charge in [0.1, 0.15) is 0 Å². The highest BCUT2D eigenvalue weighted by Gasteiger charge is 2.62. The van der Waals surface area contributed by atoms with E-state index in [1.165, 1.54) is 110 Å². The quantitative estimate of drug-likeness (QED) is 0.162. The van der Waals surface area contributed by atoms with Gasteiger partial charge in [-0.25, -0.2) is 0 Å². The van der Waals surface area contributed by atoms with E-state index < -0.39 is 0 Å². The van der Waals surface area contributed by atoms with E-state index in [1.54, 1.807) is 11.1 Å². The van der Waals surface area contributed by atoms with Crippen molar-refractivity contribution in [2.45, 2.75) is 96.8 Å². The molecule has 0 amide bonds. The Hall–Kier alpha value is -5.02. The number of hydrogen-bond acceptors (Lipinski definition) is 2. The summed E-state index contributed by atoms with van der Waals surface area (Å²) >= 11 is 0. The second-order valence-electron chi connectivity index (χ2n) is 21.2. The van der Waals surface area contributed by atoms with E-state index in [-0.39, 0.29) is 23.0 Å². The minimum absolute atomic E-state index is 0.0182. The van der Waals surface area contributed by atoms with Crippen LogP contribution >= 0.6 is 0 Å². The molecule has 6 aromatic carbocycles. The zero-order valence-electron chi connectivity index (χ0n) is 35.4. The second-order valence-corrected chi connectivity index (χ2v) is 21.2. The van der Waals surface area contributed by atoms with Crippen LogP contribution in [0, 0.1) is 30.6 Å². The van der Waals surface area contributed by atoms with Gasteiger partial charge in [-0.15, -0.1) is 0 Å². The summed E-state index contributed by atoms with van der Waals surface area (Å²) in [5.41, 5.74) is 22.3. The molecule has 0 atom stereocenters. The van der Waals surface area contributed by atoms with E-state index >= 15 is 0 Å². The van der Waals surface area contributed by atoms with Crippen LogP contribution in [0.25, 0.3) is 11.1 Å². The monoisotopic (exact) mass is 754 g/mol. The first kappa shape index (κ1) is 35.0. The predicted octanol–water partition coefficient (Wildman–Crippen LogP) is 12.4. The van der Waals surface area contributed by atoms with Crippen molar-refractivity contribution >= 4 is 57.2 Å².